The van der Waals surface area contributed by atoms with E-state index in [1.165, 1.54) is 23.3 Å². The number of fused-ring (bicyclic) bond motifs is 1. The van der Waals surface area contributed by atoms with Crippen LogP contribution in [0.15, 0.2) is 58.6 Å². The number of hydrogen-bond acceptors (Lipinski definition) is 8. The standard InChI is InChI=1S/C30H27BrN2O6S/c1-5-10-39-19-8-6-17(7-9-19)26(34)23-25(18-13-20(31)27(35)21(14-18)38-4)33(29(37)28(23)36)30-32-24-16(3)11-15(2)12-22(24)40-30/h6-9,11-14,25,34-35H,5,10H2,1-4H3/b26-23+. The van der Waals surface area contributed by atoms with Gasteiger partial charge in [-0.05, 0) is 95.4 Å². The average Bonchev–Trinajstić information content (AvgIpc) is 3.47. The van der Waals surface area contributed by atoms with E-state index in [9.17, 15) is 19.8 Å². The first-order chi connectivity index (χ1) is 19.1. The molecule has 1 fully saturated rings. The molecule has 0 bridgehead atoms. The van der Waals surface area contributed by atoms with Gasteiger partial charge in [0.15, 0.2) is 16.6 Å². The summed E-state index contributed by atoms with van der Waals surface area (Å²) in [6.45, 7) is 6.48. The average molecular weight is 624 g/mol. The van der Waals surface area contributed by atoms with Gasteiger partial charge in [0.2, 0.25) is 0 Å². The molecule has 2 heterocycles. The van der Waals surface area contributed by atoms with Crippen molar-refractivity contribution in [2.45, 2.75) is 33.2 Å². The lowest BCUT2D eigenvalue weighted by molar-refractivity contribution is -0.132. The van der Waals surface area contributed by atoms with Crippen molar-refractivity contribution in [1.29, 1.82) is 0 Å². The van der Waals surface area contributed by atoms with E-state index >= 15 is 0 Å². The Hall–Kier alpha value is -3.89. The molecule has 4 aromatic rings. The molecule has 206 valence electrons. The molecule has 0 spiro atoms. The Bertz CT molecular complexity index is 1680. The first-order valence-electron chi connectivity index (χ1n) is 12.6. The van der Waals surface area contributed by atoms with Crippen molar-refractivity contribution in [3.05, 3.63) is 80.8 Å². The number of carbonyl (C=O) groups excluding carboxylic acids is 2. The molecule has 1 unspecified atom stereocenters. The van der Waals surface area contributed by atoms with Crippen molar-refractivity contribution in [2.75, 3.05) is 18.6 Å². The van der Waals surface area contributed by atoms with Crippen LogP contribution in [0.4, 0.5) is 5.13 Å². The van der Waals surface area contributed by atoms with Crippen LogP contribution in [0.3, 0.4) is 0 Å². The number of ether oxygens (including phenoxy) is 2. The number of aromatic nitrogens is 1. The zero-order valence-electron chi connectivity index (χ0n) is 22.3. The Labute approximate surface area is 243 Å². The molecule has 3 aromatic carbocycles. The number of carbonyl (C=O) groups is 2. The molecule has 40 heavy (non-hydrogen) atoms. The minimum atomic E-state index is -1.04. The minimum absolute atomic E-state index is 0.0981. The fourth-order valence-corrected chi connectivity index (χ4v) is 6.43. The Balaban J connectivity index is 1.72. The number of Topliss-reactive ketones (excluding diaryl/α,β-unsaturated/α-hetero) is 1. The SMILES string of the molecule is CCCOc1ccc(/C(O)=C2\C(=O)C(=O)N(c3nc4c(C)cc(C)cc4s3)C2c2cc(Br)c(O)c(OC)c2)cc1. The summed E-state index contributed by atoms with van der Waals surface area (Å²) < 4.78 is 12.2. The Kier molecular flexibility index (Phi) is 7.57. The van der Waals surface area contributed by atoms with Crippen LogP contribution in [-0.2, 0) is 9.59 Å². The summed E-state index contributed by atoms with van der Waals surface area (Å²) in [7, 11) is 1.41. The van der Waals surface area contributed by atoms with Crippen LogP contribution in [0.1, 0.15) is 41.6 Å². The fraction of sp³-hybridized carbons (Fsp3) is 0.233. The molecule has 1 aliphatic rings. The van der Waals surface area contributed by atoms with Gasteiger partial charge in [-0.3, -0.25) is 14.5 Å². The van der Waals surface area contributed by atoms with E-state index in [1.807, 2.05) is 32.9 Å². The van der Waals surface area contributed by atoms with E-state index in [4.69, 9.17) is 14.5 Å². The number of anilines is 1. The van der Waals surface area contributed by atoms with Crippen molar-refractivity contribution in [1.82, 2.24) is 4.98 Å². The quantitative estimate of drug-likeness (QED) is 0.132. The summed E-state index contributed by atoms with van der Waals surface area (Å²) in [5.41, 5.74) is 3.43. The van der Waals surface area contributed by atoms with Crippen LogP contribution in [0.2, 0.25) is 0 Å². The molecule has 5 rings (SSSR count). The molecule has 1 amide bonds. The van der Waals surface area contributed by atoms with Gasteiger partial charge >= 0.3 is 5.91 Å². The molecule has 0 radical (unpaired) electrons. The summed E-state index contributed by atoms with van der Waals surface area (Å²) >= 11 is 4.64. The molecule has 1 aromatic heterocycles. The molecule has 8 nitrogen and oxygen atoms in total. The first-order valence-corrected chi connectivity index (χ1v) is 14.2. The van der Waals surface area contributed by atoms with Crippen molar-refractivity contribution in [2.24, 2.45) is 0 Å². The molecule has 1 aliphatic heterocycles. The zero-order valence-corrected chi connectivity index (χ0v) is 24.7. The maximum Gasteiger partial charge on any atom is 0.301 e. The number of hydrogen-bond donors (Lipinski definition) is 2. The van der Waals surface area contributed by atoms with Crippen LogP contribution in [0.5, 0.6) is 17.2 Å². The number of thiazole rings is 1. The van der Waals surface area contributed by atoms with Crippen molar-refractivity contribution < 1.29 is 29.3 Å². The summed E-state index contributed by atoms with van der Waals surface area (Å²) in [4.78, 5) is 33.3. The second-order valence-electron chi connectivity index (χ2n) is 9.52. The van der Waals surface area contributed by atoms with Crippen molar-refractivity contribution in [3.8, 4) is 17.2 Å². The van der Waals surface area contributed by atoms with Crippen molar-refractivity contribution >= 4 is 60.1 Å². The second kappa shape index (κ2) is 10.9. The third-order valence-corrected chi connectivity index (χ3v) is 8.26. The van der Waals surface area contributed by atoms with Gasteiger partial charge in [0.1, 0.15) is 11.5 Å². The monoisotopic (exact) mass is 622 g/mol. The third kappa shape index (κ3) is 4.82. The number of aliphatic hydroxyl groups is 1. The summed E-state index contributed by atoms with van der Waals surface area (Å²) in [6.07, 6.45) is 0.849. The van der Waals surface area contributed by atoms with E-state index in [0.29, 0.717) is 33.1 Å². The summed E-state index contributed by atoms with van der Waals surface area (Å²) in [5, 5.41) is 22.2. The highest BCUT2D eigenvalue weighted by Crippen LogP contribution is 2.47. The Morgan fingerprint density at radius 1 is 1.12 bits per heavy atom. The highest BCUT2D eigenvalue weighted by molar-refractivity contribution is 9.10. The van der Waals surface area contributed by atoms with E-state index in [0.717, 1.165) is 27.8 Å². The highest BCUT2D eigenvalue weighted by atomic mass is 79.9. The van der Waals surface area contributed by atoms with Gasteiger partial charge in [-0.1, -0.05) is 24.3 Å². The summed E-state index contributed by atoms with van der Waals surface area (Å²) in [5.74, 6) is -1.35. The number of phenols is 1. The lowest BCUT2D eigenvalue weighted by atomic mass is 9.95. The van der Waals surface area contributed by atoms with Gasteiger partial charge < -0.3 is 19.7 Å². The lowest BCUT2D eigenvalue weighted by Crippen LogP contribution is -2.29. The molecule has 10 heteroatoms. The molecule has 1 atom stereocenters. The van der Waals surface area contributed by atoms with Crippen LogP contribution in [0, 0.1) is 13.8 Å². The second-order valence-corrected chi connectivity index (χ2v) is 11.4. The molecular formula is C30H27BrN2O6S. The number of ketones is 1. The third-order valence-electron chi connectivity index (χ3n) is 6.66. The molecule has 0 aliphatic carbocycles. The van der Waals surface area contributed by atoms with E-state index in [1.54, 1.807) is 36.4 Å². The number of rotatable bonds is 7. The highest BCUT2D eigenvalue weighted by Gasteiger charge is 2.48. The van der Waals surface area contributed by atoms with E-state index in [2.05, 4.69) is 15.9 Å². The predicted octanol–water partition coefficient (Wildman–Crippen LogP) is 6.80. The number of nitrogens with zero attached hydrogens (tertiary/aromatic N) is 2. The van der Waals surface area contributed by atoms with Gasteiger partial charge in [-0.25, -0.2) is 4.98 Å². The fourth-order valence-electron chi connectivity index (χ4n) is 4.80. The van der Waals surface area contributed by atoms with Gasteiger partial charge in [-0.2, -0.15) is 0 Å². The first kappa shape index (κ1) is 27.7. The number of benzene rings is 3. The van der Waals surface area contributed by atoms with Gasteiger partial charge in [0.25, 0.3) is 5.78 Å². The van der Waals surface area contributed by atoms with Crippen molar-refractivity contribution in [3.63, 3.8) is 0 Å². The molecule has 1 saturated heterocycles. The zero-order chi connectivity index (χ0) is 28.7. The van der Waals surface area contributed by atoms with Crippen LogP contribution < -0.4 is 14.4 Å². The van der Waals surface area contributed by atoms with Gasteiger partial charge in [-0.15, -0.1) is 0 Å². The molecule has 0 saturated carbocycles. The number of methoxy groups -OCH3 is 1. The largest absolute Gasteiger partial charge is 0.507 e. The maximum absolute atomic E-state index is 13.6. The Morgan fingerprint density at radius 3 is 2.52 bits per heavy atom. The predicted molar refractivity (Wildman–Crippen MR) is 158 cm³/mol. The number of aromatic hydroxyl groups is 1. The van der Waals surface area contributed by atoms with Gasteiger partial charge in [0, 0.05) is 5.56 Å². The number of phenolic OH excluding ortho intramolecular Hbond substituents is 1. The normalized spacial score (nSPS) is 16.6. The van der Waals surface area contributed by atoms with Crippen LogP contribution >= 0.6 is 27.3 Å². The summed E-state index contributed by atoms with van der Waals surface area (Å²) in [6, 6.07) is 12.8. The smallest absolute Gasteiger partial charge is 0.301 e. The molecule has 2 N–H and O–H groups in total. The number of aryl methyl sites for hydroxylation is 2. The number of aliphatic hydroxyl groups excluding tert-OH is 1. The van der Waals surface area contributed by atoms with Crippen LogP contribution in [0.25, 0.3) is 16.0 Å². The number of halogens is 1. The Morgan fingerprint density at radius 2 is 1.85 bits per heavy atom. The molecular weight excluding hydrogens is 596 g/mol. The minimum Gasteiger partial charge on any atom is -0.507 e. The van der Waals surface area contributed by atoms with E-state index < -0.39 is 17.7 Å². The number of amides is 1. The lowest BCUT2D eigenvalue weighted by Gasteiger charge is -2.24. The van der Waals surface area contributed by atoms with Gasteiger partial charge in [0.05, 0.1) is 40.0 Å². The van der Waals surface area contributed by atoms with Crippen LogP contribution in [-0.4, -0.2) is 40.6 Å². The topological polar surface area (TPSA) is 109 Å². The maximum atomic E-state index is 13.6. The van der Waals surface area contributed by atoms with E-state index in [-0.39, 0.29) is 22.8 Å².